The second-order valence-electron chi connectivity index (χ2n) is 6.06. The molecule has 0 spiro atoms. The van der Waals surface area contributed by atoms with E-state index in [0.717, 1.165) is 10.7 Å². The summed E-state index contributed by atoms with van der Waals surface area (Å²) in [5, 5.41) is 15.2. The van der Waals surface area contributed by atoms with Crippen molar-refractivity contribution in [3.05, 3.63) is 85.2 Å². The number of para-hydroxylation sites is 1. The number of carboxylic acid groups (broad SMARTS) is 1. The smallest absolute Gasteiger partial charge is 0.305 e. The number of amides is 1. The molecule has 3 aromatic rings. The summed E-state index contributed by atoms with van der Waals surface area (Å²) in [6, 6.07) is 11.5. The Bertz CT molecular complexity index is 1140. The monoisotopic (exact) mass is 453 g/mol. The van der Waals surface area contributed by atoms with Gasteiger partial charge in [0.25, 0.3) is 11.5 Å². The molecule has 29 heavy (non-hydrogen) atoms. The normalized spacial score (nSPS) is 11.8. The van der Waals surface area contributed by atoms with Crippen molar-refractivity contribution in [3.8, 4) is 5.69 Å². The maximum absolute atomic E-state index is 12.7. The summed E-state index contributed by atoms with van der Waals surface area (Å²) in [5.41, 5.74) is 0.156. The highest BCUT2D eigenvalue weighted by molar-refractivity contribution is 6.42. The third-order valence-electron chi connectivity index (χ3n) is 4.10. The molecular weight excluding hydrogens is 441 g/mol. The minimum Gasteiger partial charge on any atom is -0.481 e. The average Bonchev–Trinajstić information content (AvgIpc) is 3.05. The number of hydrogen-bond donors (Lipinski definition) is 3. The second kappa shape index (κ2) is 8.73. The minimum atomic E-state index is -1.14. The van der Waals surface area contributed by atoms with Crippen LogP contribution in [-0.2, 0) is 4.79 Å². The van der Waals surface area contributed by atoms with Crippen LogP contribution in [0.1, 0.15) is 28.5 Å². The first kappa shape index (κ1) is 21.0. The Labute approximate surface area is 179 Å². The fourth-order valence-corrected chi connectivity index (χ4v) is 3.42. The number of nitrogens with one attached hydrogen (secondary N) is 2. The van der Waals surface area contributed by atoms with Gasteiger partial charge in [-0.1, -0.05) is 59.1 Å². The van der Waals surface area contributed by atoms with E-state index in [0.29, 0.717) is 16.3 Å². The van der Waals surface area contributed by atoms with Gasteiger partial charge in [0.05, 0.1) is 33.2 Å². The van der Waals surface area contributed by atoms with Crippen molar-refractivity contribution in [2.75, 3.05) is 0 Å². The molecule has 2 aromatic carbocycles. The Morgan fingerprint density at radius 2 is 1.76 bits per heavy atom. The topological polar surface area (TPSA) is 104 Å². The van der Waals surface area contributed by atoms with E-state index in [4.69, 9.17) is 34.8 Å². The van der Waals surface area contributed by atoms with Crippen LogP contribution in [0.25, 0.3) is 5.69 Å². The maximum atomic E-state index is 12.7. The van der Waals surface area contributed by atoms with E-state index in [9.17, 15) is 19.5 Å². The number of rotatable bonds is 6. The number of carboxylic acids is 1. The average molecular weight is 455 g/mol. The number of nitrogens with zero attached hydrogens (tertiary/aromatic N) is 1. The van der Waals surface area contributed by atoms with Crippen LogP contribution in [0.2, 0.25) is 15.1 Å². The van der Waals surface area contributed by atoms with Crippen molar-refractivity contribution in [2.24, 2.45) is 0 Å². The zero-order valence-corrected chi connectivity index (χ0v) is 16.9. The number of aromatic nitrogens is 2. The summed E-state index contributed by atoms with van der Waals surface area (Å²) in [4.78, 5) is 36.3. The lowest BCUT2D eigenvalue weighted by Crippen LogP contribution is -2.30. The van der Waals surface area contributed by atoms with Crippen molar-refractivity contribution in [1.29, 1.82) is 0 Å². The Morgan fingerprint density at radius 3 is 2.45 bits per heavy atom. The maximum Gasteiger partial charge on any atom is 0.305 e. The highest BCUT2D eigenvalue weighted by Crippen LogP contribution is 2.31. The van der Waals surface area contributed by atoms with Crippen LogP contribution >= 0.6 is 34.8 Å². The predicted octanol–water partition coefficient (Wildman–Crippen LogP) is 4.07. The molecule has 1 amide bonds. The Kier molecular flexibility index (Phi) is 6.32. The van der Waals surface area contributed by atoms with Gasteiger partial charge in [0.1, 0.15) is 5.69 Å². The highest BCUT2D eigenvalue weighted by atomic mass is 35.5. The number of hydrogen-bond acceptors (Lipinski definition) is 3. The van der Waals surface area contributed by atoms with Crippen molar-refractivity contribution < 1.29 is 14.7 Å². The molecule has 0 unspecified atom stereocenters. The van der Waals surface area contributed by atoms with Gasteiger partial charge >= 0.3 is 5.97 Å². The number of H-pyrrole nitrogens is 1. The molecule has 3 rings (SSSR count). The summed E-state index contributed by atoms with van der Waals surface area (Å²) in [5.74, 6) is -1.83. The molecule has 0 aliphatic rings. The molecule has 7 nitrogen and oxygen atoms in total. The van der Waals surface area contributed by atoms with Crippen LogP contribution in [0.3, 0.4) is 0 Å². The zero-order chi connectivity index (χ0) is 21.1. The zero-order valence-electron chi connectivity index (χ0n) is 14.7. The molecule has 0 saturated carbocycles. The van der Waals surface area contributed by atoms with Gasteiger partial charge in [0.15, 0.2) is 0 Å². The molecule has 0 saturated heterocycles. The van der Waals surface area contributed by atoms with Crippen LogP contribution in [0.5, 0.6) is 0 Å². The number of carbonyl (C=O) groups is 2. The highest BCUT2D eigenvalue weighted by Gasteiger charge is 2.23. The summed E-state index contributed by atoms with van der Waals surface area (Å²) in [6.07, 6.45) is -0.429. The molecule has 1 aromatic heterocycles. The van der Waals surface area contributed by atoms with E-state index in [-0.39, 0.29) is 15.7 Å². The lowest BCUT2D eigenvalue weighted by molar-refractivity contribution is -0.137. The Hall–Kier alpha value is -2.74. The van der Waals surface area contributed by atoms with Gasteiger partial charge < -0.3 is 10.4 Å². The molecular formula is C19H14Cl3N3O4. The minimum absolute atomic E-state index is 0.0662. The first-order valence-electron chi connectivity index (χ1n) is 8.31. The predicted molar refractivity (Wildman–Crippen MR) is 110 cm³/mol. The standard InChI is InChI=1S/C19H14Cl3N3O4/c20-11-5-1-2-7-15(11)25-16(26)8-14(24-25)19(29)23-13(9-17(27)28)10-4-3-6-12(21)18(10)22/h1-8,13,24H,9H2,(H,23,29)(H,27,28)/t13-/m0/s1. The SMILES string of the molecule is O=C(O)C[C@H](NC(=O)c1cc(=O)n(-c2ccccc2Cl)[nH]1)c1cccc(Cl)c1Cl. The summed E-state index contributed by atoms with van der Waals surface area (Å²) in [7, 11) is 0. The van der Waals surface area contributed by atoms with E-state index in [1.165, 1.54) is 0 Å². The number of carbonyl (C=O) groups excluding carboxylic acids is 1. The third-order valence-corrected chi connectivity index (χ3v) is 5.25. The van der Waals surface area contributed by atoms with Crippen molar-refractivity contribution in [2.45, 2.75) is 12.5 Å². The summed E-state index contributed by atoms with van der Waals surface area (Å²) >= 11 is 18.3. The Balaban J connectivity index is 1.92. The summed E-state index contributed by atoms with van der Waals surface area (Å²) < 4.78 is 1.12. The fraction of sp³-hybridized carbons (Fsp3) is 0.105. The van der Waals surface area contributed by atoms with Crippen LogP contribution < -0.4 is 10.9 Å². The number of benzene rings is 2. The van der Waals surface area contributed by atoms with Crippen molar-refractivity contribution in [1.82, 2.24) is 15.1 Å². The molecule has 150 valence electrons. The molecule has 1 heterocycles. The van der Waals surface area contributed by atoms with E-state index in [1.54, 1.807) is 42.5 Å². The molecule has 10 heteroatoms. The third kappa shape index (κ3) is 4.64. The molecule has 0 aliphatic heterocycles. The van der Waals surface area contributed by atoms with Gasteiger partial charge in [-0.2, -0.15) is 0 Å². The Morgan fingerprint density at radius 1 is 1.07 bits per heavy atom. The van der Waals surface area contributed by atoms with Crippen LogP contribution in [0.15, 0.2) is 53.3 Å². The number of halogens is 3. The largest absolute Gasteiger partial charge is 0.481 e. The van der Waals surface area contributed by atoms with E-state index >= 15 is 0 Å². The van der Waals surface area contributed by atoms with Crippen molar-refractivity contribution in [3.63, 3.8) is 0 Å². The quantitative estimate of drug-likeness (QED) is 0.522. The summed E-state index contributed by atoms with van der Waals surface area (Å²) in [6.45, 7) is 0. The van der Waals surface area contributed by atoms with Gasteiger partial charge in [0.2, 0.25) is 0 Å². The van der Waals surface area contributed by atoms with Gasteiger partial charge in [-0.25, -0.2) is 4.68 Å². The van der Waals surface area contributed by atoms with E-state index in [1.807, 2.05) is 0 Å². The fourth-order valence-electron chi connectivity index (χ4n) is 2.76. The number of aromatic amines is 1. The second-order valence-corrected chi connectivity index (χ2v) is 7.25. The van der Waals surface area contributed by atoms with E-state index in [2.05, 4.69) is 10.4 Å². The lowest BCUT2D eigenvalue weighted by atomic mass is 10.0. The first-order valence-corrected chi connectivity index (χ1v) is 9.45. The number of aliphatic carboxylic acids is 1. The molecule has 3 N–H and O–H groups in total. The molecule has 1 atom stereocenters. The van der Waals surface area contributed by atoms with E-state index < -0.39 is 29.9 Å². The lowest BCUT2D eigenvalue weighted by Gasteiger charge is -2.18. The van der Waals surface area contributed by atoms with Crippen LogP contribution in [0.4, 0.5) is 0 Å². The van der Waals surface area contributed by atoms with Crippen molar-refractivity contribution >= 4 is 46.7 Å². The molecule has 0 aliphatic carbocycles. The van der Waals surface area contributed by atoms with Gasteiger partial charge in [0, 0.05) is 6.07 Å². The van der Waals surface area contributed by atoms with Gasteiger partial charge in [-0.15, -0.1) is 0 Å². The van der Waals surface area contributed by atoms with Crippen LogP contribution in [0, 0.1) is 0 Å². The molecule has 0 bridgehead atoms. The molecule has 0 fully saturated rings. The molecule has 0 radical (unpaired) electrons. The van der Waals surface area contributed by atoms with Gasteiger partial charge in [-0.05, 0) is 23.8 Å². The van der Waals surface area contributed by atoms with Gasteiger partial charge in [-0.3, -0.25) is 19.5 Å². The first-order chi connectivity index (χ1) is 13.8. The van der Waals surface area contributed by atoms with Crippen LogP contribution in [-0.4, -0.2) is 26.8 Å².